The molecule has 0 fully saturated rings. The number of rotatable bonds is 6. The van der Waals surface area contributed by atoms with Crippen LogP contribution in [0.15, 0.2) is 41.3 Å². The van der Waals surface area contributed by atoms with Gasteiger partial charge in [-0.1, -0.05) is 11.6 Å². The van der Waals surface area contributed by atoms with Gasteiger partial charge in [0.05, 0.1) is 30.5 Å². The molecular formula is C17H17ClN2O6S. The molecule has 0 radical (unpaired) electrons. The summed E-state index contributed by atoms with van der Waals surface area (Å²) in [4.78, 5) is 23.2. The number of esters is 1. The molecule has 0 bridgehead atoms. The Hall–Kier alpha value is -2.78. The maximum absolute atomic E-state index is 12.8. The van der Waals surface area contributed by atoms with Crippen molar-refractivity contribution in [3.63, 3.8) is 0 Å². The number of methoxy groups -OCH3 is 2. The predicted octanol–water partition coefficient (Wildman–Crippen LogP) is 2.30. The van der Waals surface area contributed by atoms with Crippen LogP contribution in [0.3, 0.4) is 0 Å². The first kappa shape index (κ1) is 20.5. The number of anilines is 1. The van der Waals surface area contributed by atoms with Crippen molar-refractivity contribution in [2.75, 3.05) is 26.0 Å². The van der Waals surface area contributed by atoms with E-state index in [1.165, 1.54) is 51.6 Å². The fraction of sp³-hybridized carbons (Fsp3) is 0.176. The Kier molecular flexibility index (Phi) is 6.29. The van der Waals surface area contributed by atoms with Gasteiger partial charge in [-0.25, -0.2) is 13.2 Å². The highest BCUT2D eigenvalue weighted by Crippen LogP contribution is 2.30. The highest BCUT2D eigenvalue weighted by molar-refractivity contribution is 7.92. The topological polar surface area (TPSA) is 111 Å². The number of ether oxygens (including phenoxy) is 2. The molecule has 0 unspecified atom stereocenters. The standard InChI is InChI=1S/C17H17ClN2O6S/c1-19-16(21)10-5-7-14(25-2)13(8-10)20-27(23,24)15-9-11(17(22)26-3)4-6-12(15)18/h4-9,20H,1-3H3,(H,19,21). The third-order valence-electron chi connectivity index (χ3n) is 3.57. The monoisotopic (exact) mass is 412 g/mol. The van der Waals surface area contributed by atoms with E-state index in [0.717, 1.165) is 6.07 Å². The number of benzene rings is 2. The summed E-state index contributed by atoms with van der Waals surface area (Å²) >= 11 is 6.01. The summed E-state index contributed by atoms with van der Waals surface area (Å²) in [5.74, 6) is -0.905. The minimum Gasteiger partial charge on any atom is -0.495 e. The number of sulfonamides is 1. The highest BCUT2D eigenvalue weighted by Gasteiger charge is 2.22. The lowest BCUT2D eigenvalue weighted by Crippen LogP contribution is -2.19. The summed E-state index contributed by atoms with van der Waals surface area (Å²) in [7, 11) is -0.201. The second-order valence-electron chi connectivity index (χ2n) is 5.24. The van der Waals surface area contributed by atoms with E-state index < -0.39 is 21.9 Å². The number of hydrogen-bond donors (Lipinski definition) is 2. The lowest BCUT2D eigenvalue weighted by atomic mass is 10.2. The van der Waals surface area contributed by atoms with Gasteiger partial charge in [-0.05, 0) is 36.4 Å². The molecular weight excluding hydrogens is 396 g/mol. The Morgan fingerprint density at radius 3 is 2.30 bits per heavy atom. The van der Waals surface area contributed by atoms with Crippen LogP contribution in [0.1, 0.15) is 20.7 Å². The Bertz CT molecular complexity index is 991. The fourth-order valence-corrected chi connectivity index (χ4v) is 3.82. The van der Waals surface area contributed by atoms with Gasteiger partial charge in [0.2, 0.25) is 0 Å². The van der Waals surface area contributed by atoms with Gasteiger partial charge in [0.1, 0.15) is 10.6 Å². The van der Waals surface area contributed by atoms with E-state index in [1.54, 1.807) is 0 Å². The van der Waals surface area contributed by atoms with Crippen LogP contribution in [0.5, 0.6) is 5.75 Å². The number of nitrogens with one attached hydrogen (secondary N) is 2. The van der Waals surface area contributed by atoms with E-state index in [4.69, 9.17) is 16.3 Å². The first-order chi connectivity index (χ1) is 12.7. The van der Waals surface area contributed by atoms with Crippen LogP contribution in [0, 0.1) is 0 Å². The molecule has 0 saturated heterocycles. The van der Waals surface area contributed by atoms with Crippen LogP contribution >= 0.6 is 11.6 Å². The summed E-state index contributed by atoms with van der Waals surface area (Å²) in [6, 6.07) is 7.99. The van der Waals surface area contributed by atoms with E-state index in [2.05, 4.69) is 14.8 Å². The number of hydrogen-bond acceptors (Lipinski definition) is 6. The van der Waals surface area contributed by atoms with Gasteiger partial charge in [0.15, 0.2) is 0 Å². The molecule has 0 aliphatic heterocycles. The van der Waals surface area contributed by atoms with Crippen molar-refractivity contribution in [3.05, 3.63) is 52.5 Å². The molecule has 0 aliphatic carbocycles. The van der Waals surface area contributed by atoms with Gasteiger partial charge in [-0.3, -0.25) is 9.52 Å². The number of amides is 1. The summed E-state index contributed by atoms with van der Waals surface area (Å²) < 4.78 is 37.7. The van der Waals surface area contributed by atoms with Gasteiger partial charge in [-0.2, -0.15) is 0 Å². The zero-order valence-corrected chi connectivity index (χ0v) is 16.3. The van der Waals surface area contributed by atoms with Crippen LogP contribution in [0.2, 0.25) is 5.02 Å². The van der Waals surface area contributed by atoms with Crippen molar-refractivity contribution in [1.82, 2.24) is 5.32 Å². The summed E-state index contributed by atoms with van der Waals surface area (Å²) in [5.41, 5.74) is 0.289. The summed E-state index contributed by atoms with van der Waals surface area (Å²) in [6.45, 7) is 0. The molecule has 27 heavy (non-hydrogen) atoms. The van der Waals surface area contributed by atoms with Crippen molar-refractivity contribution in [2.45, 2.75) is 4.90 Å². The lowest BCUT2D eigenvalue weighted by Gasteiger charge is -2.14. The Labute approximate surface area is 161 Å². The van der Waals surface area contributed by atoms with Gasteiger partial charge >= 0.3 is 5.97 Å². The first-order valence-corrected chi connectivity index (χ1v) is 9.40. The number of halogens is 1. The molecule has 0 spiro atoms. The molecule has 2 aromatic rings. The molecule has 0 aromatic heterocycles. The van der Waals surface area contributed by atoms with Gasteiger partial charge in [-0.15, -0.1) is 0 Å². The Morgan fingerprint density at radius 2 is 1.70 bits per heavy atom. The molecule has 144 valence electrons. The molecule has 2 rings (SSSR count). The van der Waals surface area contributed by atoms with Crippen LogP contribution in [-0.4, -0.2) is 41.6 Å². The maximum atomic E-state index is 12.8. The SMILES string of the molecule is CNC(=O)c1ccc(OC)c(NS(=O)(=O)c2cc(C(=O)OC)ccc2Cl)c1. The molecule has 0 heterocycles. The normalized spacial score (nSPS) is 10.8. The fourth-order valence-electron chi connectivity index (χ4n) is 2.23. The van der Waals surface area contributed by atoms with Crippen LogP contribution in [0.4, 0.5) is 5.69 Å². The van der Waals surface area contributed by atoms with Crippen molar-refractivity contribution >= 4 is 39.2 Å². The Morgan fingerprint density at radius 1 is 1.04 bits per heavy atom. The van der Waals surface area contributed by atoms with Crippen molar-refractivity contribution in [2.24, 2.45) is 0 Å². The maximum Gasteiger partial charge on any atom is 0.337 e. The van der Waals surface area contributed by atoms with Gasteiger partial charge < -0.3 is 14.8 Å². The quantitative estimate of drug-likeness (QED) is 0.704. The van der Waals surface area contributed by atoms with Crippen LogP contribution < -0.4 is 14.8 Å². The van der Waals surface area contributed by atoms with E-state index >= 15 is 0 Å². The molecule has 8 nitrogen and oxygen atoms in total. The molecule has 2 N–H and O–H groups in total. The average molecular weight is 413 g/mol. The third-order valence-corrected chi connectivity index (χ3v) is 5.42. The van der Waals surface area contributed by atoms with E-state index in [0.29, 0.717) is 0 Å². The van der Waals surface area contributed by atoms with E-state index in [-0.39, 0.29) is 32.5 Å². The van der Waals surface area contributed by atoms with E-state index in [9.17, 15) is 18.0 Å². The first-order valence-electron chi connectivity index (χ1n) is 7.54. The largest absolute Gasteiger partial charge is 0.495 e. The van der Waals surface area contributed by atoms with Crippen molar-refractivity contribution < 1.29 is 27.5 Å². The zero-order valence-electron chi connectivity index (χ0n) is 14.7. The summed E-state index contributed by atoms with van der Waals surface area (Å²) in [5, 5.41) is 2.36. The number of carbonyl (C=O) groups is 2. The second-order valence-corrected chi connectivity index (χ2v) is 7.29. The molecule has 0 aliphatic rings. The van der Waals surface area contributed by atoms with Crippen molar-refractivity contribution in [3.8, 4) is 5.75 Å². The van der Waals surface area contributed by atoms with E-state index in [1.807, 2.05) is 0 Å². The van der Waals surface area contributed by atoms with Gasteiger partial charge in [0, 0.05) is 12.6 Å². The molecule has 2 aromatic carbocycles. The molecule has 0 atom stereocenters. The average Bonchev–Trinajstić information content (AvgIpc) is 2.66. The van der Waals surface area contributed by atoms with Crippen LogP contribution in [-0.2, 0) is 14.8 Å². The summed E-state index contributed by atoms with van der Waals surface area (Å²) in [6.07, 6.45) is 0. The van der Waals surface area contributed by atoms with Crippen LogP contribution in [0.25, 0.3) is 0 Å². The molecule has 0 saturated carbocycles. The number of carbonyl (C=O) groups excluding carboxylic acids is 2. The third kappa shape index (κ3) is 4.50. The van der Waals surface area contributed by atoms with Gasteiger partial charge in [0.25, 0.3) is 15.9 Å². The Balaban J connectivity index is 2.50. The highest BCUT2D eigenvalue weighted by atomic mass is 35.5. The lowest BCUT2D eigenvalue weighted by molar-refractivity contribution is 0.0600. The minimum absolute atomic E-state index is 0.0216. The van der Waals surface area contributed by atoms with Crippen molar-refractivity contribution in [1.29, 1.82) is 0 Å². The molecule has 1 amide bonds. The smallest absolute Gasteiger partial charge is 0.337 e. The molecule has 10 heteroatoms. The minimum atomic E-state index is -4.19. The predicted molar refractivity (Wildman–Crippen MR) is 100.0 cm³/mol. The zero-order chi connectivity index (χ0) is 20.2. The second kappa shape index (κ2) is 8.28.